The van der Waals surface area contributed by atoms with E-state index < -0.39 is 0 Å². The number of thioether (sulfide) groups is 1. The van der Waals surface area contributed by atoms with Gasteiger partial charge in [0.25, 0.3) is 0 Å². The molecule has 29 heavy (non-hydrogen) atoms. The first-order chi connectivity index (χ1) is 14.1. The second-order valence-corrected chi connectivity index (χ2v) is 8.34. The fourth-order valence-corrected chi connectivity index (χ4v) is 4.89. The summed E-state index contributed by atoms with van der Waals surface area (Å²) < 4.78 is 2.13. The maximum atomic E-state index is 12.5. The molecule has 1 aliphatic heterocycles. The third-order valence-electron chi connectivity index (χ3n) is 5.37. The van der Waals surface area contributed by atoms with Crippen LogP contribution in [-0.2, 0) is 17.6 Å². The third kappa shape index (κ3) is 3.67. The van der Waals surface area contributed by atoms with Crippen molar-refractivity contribution >= 4 is 17.7 Å². The predicted molar refractivity (Wildman–Crippen MR) is 115 cm³/mol. The number of hydrogen-bond donors (Lipinski definition) is 0. The number of amides is 1. The lowest BCUT2D eigenvalue weighted by Gasteiger charge is -2.18. The van der Waals surface area contributed by atoms with E-state index in [1.54, 1.807) is 11.1 Å². The van der Waals surface area contributed by atoms with Gasteiger partial charge in [0.1, 0.15) is 0 Å². The normalized spacial score (nSPS) is 16.6. The highest BCUT2D eigenvalue weighted by atomic mass is 32.2. The number of nitrogens with zero attached hydrogens (tertiary/aromatic N) is 5. The smallest absolute Gasteiger partial charge is 0.235 e. The molecular weight excluding hydrogens is 382 g/mol. The number of benzene rings is 1. The molecule has 7 heteroatoms. The topological polar surface area (TPSA) is 63.9 Å². The lowest BCUT2D eigenvalue weighted by Crippen LogP contribution is -2.24. The highest BCUT2D eigenvalue weighted by Gasteiger charge is 2.32. The molecule has 3 heterocycles. The molecule has 1 fully saturated rings. The van der Waals surface area contributed by atoms with Crippen LogP contribution in [-0.4, -0.2) is 49.4 Å². The minimum absolute atomic E-state index is 0.122. The lowest BCUT2D eigenvalue weighted by atomic mass is 10.0. The van der Waals surface area contributed by atoms with Crippen LogP contribution in [0.2, 0.25) is 0 Å². The molecule has 1 aliphatic rings. The van der Waals surface area contributed by atoms with Gasteiger partial charge in [-0.15, -0.1) is 10.2 Å². The largest absolute Gasteiger partial charge is 0.345 e. The average Bonchev–Trinajstić information content (AvgIpc) is 3.32. The number of aromatic nitrogens is 4. The summed E-state index contributed by atoms with van der Waals surface area (Å²) in [4.78, 5) is 18.6. The van der Waals surface area contributed by atoms with Gasteiger partial charge in [0.15, 0.2) is 11.0 Å². The molecule has 3 aromatic rings. The van der Waals surface area contributed by atoms with Gasteiger partial charge in [-0.05, 0) is 42.5 Å². The van der Waals surface area contributed by atoms with E-state index in [4.69, 9.17) is 0 Å². The highest BCUT2D eigenvalue weighted by molar-refractivity contribution is 8.00. The molecular formula is C22H25N5OS. The maximum absolute atomic E-state index is 12.5. The molecule has 1 unspecified atom stereocenters. The molecule has 0 spiro atoms. The van der Waals surface area contributed by atoms with E-state index in [-0.39, 0.29) is 11.2 Å². The van der Waals surface area contributed by atoms with Crippen molar-refractivity contribution in [3.8, 4) is 17.1 Å². The second kappa shape index (κ2) is 8.37. The molecule has 150 valence electrons. The molecule has 0 N–H and O–H groups in total. The number of carbonyl (C=O) groups is 1. The van der Waals surface area contributed by atoms with Gasteiger partial charge >= 0.3 is 0 Å². The monoisotopic (exact) mass is 407 g/mol. The maximum Gasteiger partial charge on any atom is 0.235 e. The molecule has 4 rings (SSSR count). The van der Waals surface area contributed by atoms with E-state index in [0.717, 1.165) is 48.0 Å². The average molecular weight is 408 g/mol. The van der Waals surface area contributed by atoms with Crippen LogP contribution in [0.5, 0.6) is 0 Å². The van der Waals surface area contributed by atoms with Gasteiger partial charge in [-0.1, -0.05) is 43.8 Å². The fourth-order valence-electron chi connectivity index (χ4n) is 3.76. The minimum Gasteiger partial charge on any atom is -0.345 e. The van der Waals surface area contributed by atoms with E-state index >= 15 is 0 Å². The molecule has 0 saturated carbocycles. The Kier molecular flexibility index (Phi) is 5.67. The van der Waals surface area contributed by atoms with Gasteiger partial charge in [0, 0.05) is 31.5 Å². The Morgan fingerprint density at radius 1 is 1.10 bits per heavy atom. The molecule has 0 bridgehead atoms. The molecule has 1 aromatic carbocycles. The van der Waals surface area contributed by atoms with E-state index in [1.165, 1.54) is 22.9 Å². The molecule has 2 aromatic heterocycles. The van der Waals surface area contributed by atoms with Crippen molar-refractivity contribution in [2.45, 2.75) is 43.5 Å². The Balaban J connectivity index is 1.89. The summed E-state index contributed by atoms with van der Waals surface area (Å²) in [6.07, 6.45) is 6.20. The fraction of sp³-hybridized carbons (Fsp3) is 0.364. The summed E-state index contributed by atoms with van der Waals surface area (Å²) in [5, 5.41) is 9.68. The van der Waals surface area contributed by atoms with Crippen molar-refractivity contribution in [2.24, 2.45) is 0 Å². The van der Waals surface area contributed by atoms with Crippen LogP contribution >= 0.6 is 11.8 Å². The van der Waals surface area contributed by atoms with Crippen molar-refractivity contribution in [3.63, 3.8) is 0 Å². The molecule has 1 saturated heterocycles. The number of para-hydroxylation sites is 1. The summed E-state index contributed by atoms with van der Waals surface area (Å²) in [5.41, 5.74) is 4.52. The van der Waals surface area contributed by atoms with Crippen molar-refractivity contribution in [2.75, 3.05) is 13.6 Å². The summed E-state index contributed by atoms with van der Waals surface area (Å²) in [6, 6.07) is 10.3. The van der Waals surface area contributed by atoms with E-state index in [9.17, 15) is 4.79 Å². The van der Waals surface area contributed by atoms with Crippen LogP contribution in [0.15, 0.2) is 47.9 Å². The summed E-state index contributed by atoms with van der Waals surface area (Å²) >= 11 is 1.52. The Morgan fingerprint density at radius 2 is 1.86 bits per heavy atom. The summed E-state index contributed by atoms with van der Waals surface area (Å²) in [5.74, 6) is 0.918. The molecule has 0 radical (unpaired) electrons. The number of aryl methyl sites for hydroxylation is 2. The Hall–Kier alpha value is -2.67. The Morgan fingerprint density at radius 3 is 2.45 bits per heavy atom. The van der Waals surface area contributed by atoms with Gasteiger partial charge in [-0.3, -0.25) is 14.3 Å². The lowest BCUT2D eigenvalue weighted by molar-refractivity contribution is -0.126. The van der Waals surface area contributed by atoms with E-state index in [1.807, 2.05) is 25.4 Å². The second-order valence-electron chi connectivity index (χ2n) is 7.17. The Bertz CT molecular complexity index is 995. The van der Waals surface area contributed by atoms with E-state index in [2.05, 4.69) is 51.8 Å². The minimum atomic E-state index is -0.122. The highest BCUT2D eigenvalue weighted by Crippen LogP contribution is 2.35. The number of pyridine rings is 1. The van der Waals surface area contributed by atoms with Crippen LogP contribution in [0.3, 0.4) is 0 Å². The Labute approximate surface area is 175 Å². The number of likely N-dealkylation sites (tertiary alicyclic amines) is 1. The zero-order valence-corrected chi connectivity index (χ0v) is 17.8. The first kappa shape index (κ1) is 19.6. The van der Waals surface area contributed by atoms with Gasteiger partial charge in [-0.2, -0.15) is 0 Å². The number of rotatable bonds is 6. The molecule has 6 nitrogen and oxygen atoms in total. The quantitative estimate of drug-likeness (QED) is 0.622. The van der Waals surface area contributed by atoms with Gasteiger partial charge < -0.3 is 4.90 Å². The van der Waals surface area contributed by atoms with Crippen LogP contribution in [0.1, 0.15) is 31.4 Å². The van der Waals surface area contributed by atoms with Crippen molar-refractivity contribution < 1.29 is 4.79 Å². The zero-order chi connectivity index (χ0) is 20.4. The first-order valence-corrected chi connectivity index (χ1v) is 10.9. The van der Waals surface area contributed by atoms with Crippen molar-refractivity contribution in [1.82, 2.24) is 24.6 Å². The molecule has 1 atom stereocenters. The van der Waals surface area contributed by atoms with Gasteiger partial charge in [0.05, 0.1) is 10.9 Å². The van der Waals surface area contributed by atoms with Gasteiger partial charge in [0.2, 0.25) is 5.91 Å². The molecule has 1 amide bonds. The number of hydrogen-bond acceptors (Lipinski definition) is 5. The predicted octanol–water partition coefficient (Wildman–Crippen LogP) is 3.78. The van der Waals surface area contributed by atoms with Gasteiger partial charge in [-0.25, -0.2) is 0 Å². The number of carbonyl (C=O) groups excluding carboxylic acids is 1. The summed E-state index contributed by atoms with van der Waals surface area (Å²) in [7, 11) is 1.86. The van der Waals surface area contributed by atoms with Crippen LogP contribution in [0.25, 0.3) is 17.1 Å². The standard InChI is InChI=1S/C22H25N5OS/c1-4-15-8-6-9-16(5-2)19(15)27-20(17-10-7-12-23-14-17)24-25-22(27)29-18-11-13-26(3)21(18)28/h6-10,12,14,18H,4-5,11,13H2,1-3H3. The van der Waals surface area contributed by atoms with Crippen LogP contribution < -0.4 is 0 Å². The van der Waals surface area contributed by atoms with E-state index in [0.29, 0.717) is 0 Å². The SMILES string of the molecule is CCc1cccc(CC)c1-n1c(SC2CCN(C)C2=O)nnc1-c1cccnc1. The third-order valence-corrected chi connectivity index (χ3v) is 6.56. The van der Waals surface area contributed by atoms with Crippen LogP contribution in [0.4, 0.5) is 0 Å². The van der Waals surface area contributed by atoms with Crippen molar-refractivity contribution in [1.29, 1.82) is 0 Å². The first-order valence-electron chi connectivity index (χ1n) is 10.0. The van der Waals surface area contributed by atoms with Crippen molar-refractivity contribution in [3.05, 3.63) is 53.9 Å². The zero-order valence-electron chi connectivity index (χ0n) is 17.0. The summed E-state index contributed by atoms with van der Waals surface area (Å²) in [6.45, 7) is 5.11. The molecule has 0 aliphatic carbocycles. The van der Waals surface area contributed by atoms with Crippen LogP contribution in [0, 0.1) is 0 Å².